The number of aromatic nitrogens is 3. The molecule has 130 valence electrons. The molecular formula is C18H19ClN4OS. The highest BCUT2D eigenvalue weighted by molar-refractivity contribution is 7.98. The number of benzene rings is 1. The normalized spacial score (nSPS) is 11.0. The summed E-state index contributed by atoms with van der Waals surface area (Å²) in [6, 6.07) is 7.56. The Kier molecular flexibility index (Phi) is 5.30. The zero-order valence-corrected chi connectivity index (χ0v) is 15.9. The Morgan fingerprint density at radius 3 is 2.68 bits per heavy atom. The number of hydrogen-bond acceptors (Lipinski definition) is 5. The standard InChI is InChI=1S/C18H19ClN4OS/c1-4-20-18-21-10-11-8-14(17(24)23(5-2)16(11)22-18)13-7-6-12(25-3)9-15(13)19/h6-10H,4-5H2,1-3H3,(H,20,21,22). The van der Waals surface area contributed by atoms with Gasteiger partial charge in [-0.25, -0.2) is 4.98 Å². The molecule has 0 spiro atoms. The van der Waals surface area contributed by atoms with Crippen molar-refractivity contribution in [2.24, 2.45) is 0 Å². The van der Waals surface area contributed by atoms with Crippen LogP contribution in [-0.4, -0.2) is 27.3 Å². The van der Waals surface area contributed by atoms with Crippen LogP contribution >= 0.6 is 23.4 Å². The molecule has 0 aliphatic heterocycles. The van der Waals surface area contributed by atoms with Gasteiger partial charge in [0.05, 0.1) is 0 Å². The third-order valence-corrected chi connectivity index (χ3v) is 4.98. The molecule has 3 aromatic rings. The highest BCUT2D eigenvalue weighted by Gasteiger charge is 2.15. The van der Waals surface area contributed by atoms with Crippen molar-refractivity contribution in [2.45, 2.75) is 25.3 Å². The number of fused-ring (bicyclic) bond motifs is 1. The van der Waals surface area contributed by atoms with Crippen LogP contribution in [0.3, 0.4) is 0 Å². The highest BCUT2D eigenvalue weighted by atomic mass is 35.5. The van der Waals surface area contributed by atoms with Crippen molar-refractivity contribution in [3.8, 4) is 11.1 Å². The lowest BCUT2D eigenvalue weighted by Gasteiger charge is -2.13. The molecule has 0 unspecified atom stereocenters. The minimum Gasteiger partial charge on any atom is -0.354 e. The van der Waals surface area contributed by atoms with Gasteiger partial charge in [-0.05, 0) is 38.3 Å². The van der Waals surface area contributed by atoms with E-state index in [2.05, 4.69) is 15.3 Å². The van der Waals surface area contributed by atoms with Gasteiger partial charge in [-0.15, -0.1) is 11.8 Å². The van der Waals surface area contributed by atoms with Gasteiger partial charge >= 0.3 is 0 Å². The van der Waals surface area contributed by atoms with Crippen LogP contribution in [-0.2, 0) is 6.54 Å². The number of thioether (sulfide) groups is 1. The van der Waals surface area contributed by atoms with Crippen molar-refractivity contribution in [3.05, 3.63) is 45.8 Å². The van der Waals surface area contributed by atoms with Crippen LogP contribution in [0, 0.1) is 0 Å². The molecule has 0 amide bonds. The second kappa shape index (κ2) is 7.45. The summed E-state index contributed by atoms with van der Waals surface area (Å²) in [7, 11) is 0. The number of halogens is 1. The molecule has 3 rings (SSSR count). The Morgan fingerprint density at radius 2 is 2.04 bits per heavy atom. The molecule has 0 aliphatic rings. The second-order valence-corrected chi connectivity index (χ2v) is 6.74. The van der Waals surface area contributed by atoms with Crippen LogP contribution in [0.5, 0.6) is 0 Å². The molecular weight excluding hydrogens is 356 g/mol. The number of nitrogens with zero attached hydrogens (tertiary/aromatic N) is 3. The predicted molar refractivity (Wildman–Crippen MR) is 106 cm³/mol. The summed E-state index contributed by atoms with van der Waals surface area (Å²) in [6.45, 7) is 5.14. The van der Waals surface area contributed by atoms with E-state index < -0.39 is 0 Å². The van der Waals surface area contributed by atoms with Gasteiger partial charge in [0.1, 0.15) is 5.65 Å². The van der Waals surface area contributed by atoms with Crippen molar-refractivity contribution >= 4 is 40.3 Å². The van der Waals surface area contributed by atoms with Crippen LogP contribution in [0.25, 0.3) is 22.2 Å². The summed E-state index contributed by atoms with van der Waals surface area (Å²) in [4.78, 5) is 22.9. The van der Waals surface area contributed by atoms with E-state index in [4.69, 9.17) is 11.6 Å². The summed E-state index contributed by atoms with van der Waals surface area (Å²) in [5.74, 6) is 0.520. The predicted octanol–water partition coefficient (Wildman–Crippen LogP) is 4.29. The average molecular weight is 375 g/mol. The summed E-state index contributed by atoms with van der Waals surface area (Å²) >= 11 is 8.04. The summed E-state index contributed by atoms with van der Waals surface area (Å²) < 4.78 is 1.66. The minimum absolute atomic E-state index is 0.102. The summed E-state index contributed by atoms with van der Waals surface area (Å²) in [6.07, 6.45) is 3.73. The van der Waals surface area contributed by atoms with Crippen LogP contribution in [0.15, 0.2) is 40.2 Å². The summed E-state index contributed by atoms with van der Waals surface area (Å²) in [5.41, 5.74) is 1.81. The molecule has 1 N–H and O–H groups in total. The van der Waals surface area contributed by atoms with Gasteiger partial charge < -0.3 is 5.32 Å². The molecule has 0 bridgehead atoms. The third-order valence-electron chi connectivity index (χ3n) is 3.94. The van der Waals surface area contributed by atoms with Crippen LogP contribution < -0.4 is 10.9 Å². The molecule has 5 nitrogen and oxygen atoms in total. The first-order valence-electron chi connectivity index (χ1n) is 8.07. The smallest absolute Gasteiger partial charge is 0.260 e. The molecule has 2 heterocycles. The maximum absolute atomic E-state index is 13.0. The zero-order chi connectivity index (χ0) is 18.0. The van der Waals surface area contributed by atoms with Gasteiger partial charge in [0.15, 0.2) is 0 Å². The number of anilines is 1. The molecule has 0 saturated heterocycles. The Balaban J connectivity index is 2.25. The number of nitrogens with one attached hydrogen (secondary N) is 1. The molecule has 0 aliphatic carbocycles. The fraction of sp³-hybridized carbons (Fsp3) is 0.278. The largest absolute Gasteiger partial charge is 0.354 e. The molecule has 0 atom stereocenters. The second-order valence-electron chi connectivity index (χ2n) is 5.46. The lowest BCUT2D eigenvalue weighted by Crippen LogP contribution is -2.22. The lowest BCUT2D eigenvalue weighted by atomic mass is 10.1. The Labute approximate surface area is 155 Å². The highest BCUT2D eigenvalue weighted by Crippen LogP contribution is 2.31. The van der Waals surface area contributed by atoms with Gasteiger partial charge in [0, 0.05) is 45.7 Å². The van der Waals surface area contributed by atoms with E-state index in [0.717, 1.165) is 22.4 Å². The van der Waals surface area contributed by atoms with Gasteiger partial charge in [-0.1, -0.05) is 17.7 Å². The van der Waals surface area contributed by atoms with E-state index in [0.29, 0.717) is 28.7 Å². The van der Waals surface area contributed by atoms with Crippen molar-refractivity contribution in [1.29, 1.82) is 0 Å². The van der Waals surface area contributed by atoms with Crippen LogP contribution in [0.4, 0.5) is 5.95 Å². The molecule has 0 radical (unpaired) electrons. The van der Waals surface area contributed by atoms with Crippen LogP contribution in [0.1, 0.15) is 13.8 Å². The van der Waals surface area contributed by atoms with Gasteiger partial charge in [-0.3, -0.25) is 9.36 Å². The number of aryl methyl sites for hydroxylation is 1. The minimum atomic E-state index is -0.102. The SMILES string of the molecule is CCNc1ncc2cc(-c3ccc(SC)cc3Cl)c(=O)n(CC)c2n1. The number of hydrogen-bond donors (Lipinski definition) is 1. The van der Waals surface area contributed by atoms with Crippen molar-refractivity contribution in [2.75, 3.05) is 18.1 Å². The van der Waals surface area contributed by atoms with Gasteiger partial charge in [-0.2, -0.15) is 4.98 Å². The van der Waals surface area contributed by atoms with Gasteiger partial charge in [0.2, 0.25) is 5.95 Å². The Hall–Kier alpha value is -2.05. The molecule has 1 aromatic carbocycles. The first-order valence-corrected chi connectivity index (χ1v) is 9.67. The Bertz CT molecular complexity index is 987. The average Bonchev–Trinajstić information content (AvgIpc) is 2.62. The van der Waals surface area contributed by atoms with Crippen molar-refractivity contribution in [1.82, 2.24) is 14.5 Å². The fourth-order valence-electron chi connectivity index (χ4n) is 2.73. The first-order chi connectivity index (χ1) is 12.1. The van der Waals surface area contributed by atoms with E-state index in [9.17, 15) is 4.79 Å². The van der Waals surface area contributed by atoms with Gasteiger partial charge in [0.25, 0.3) is 5.56 Å². The maximum Gasteiger partial charge on any atom is 0.260 e. The maximum atomic E-state index is 13.0. The van der Waals surface area contributed by atoms with E-state index in [1.807, 2.05) is 44.4 Å². The molecule has 2 aromatic heterocycles. The number of rotatable bonds is 5. The summed E-state index contributed by atoms with van der Waals surface area (Å²) in [5, 5.41) is 4.45. The molecule has 0 saturated carbocycles. The van der Waals surface area contributed by atoms with E-state index >= 15 is 0 Å². The zero-order valence-electron chi connectivity index (χ0n) is 14.3. The number of pyridine rings is 1. The van der Waals surface area contributed by atoms with Crippen LogP contribution in [0.2, 0.25) is 5.02 Å². The van der Waals surface area contributed by atoms with Crippen molar-refractivity contribution in [3.63, 3.8) is 0 Å². The van der Waals surface area contributed by atoms with E-state index in [1.165, 1.54) is 0 Å². The molecule has 0 fully saturated rings. The lowest BCUT2D eigenvalue weighted by molar-refractivity contribution is 0.750. The first kappa shape index (κ1) is 17.8. The van der Waals surface area contributed by atoms with E-state index in [-0.39, 0.29) is 5.56 Å². The molecule has 25 heavy (non-hydrogen) atoms. The fourth-order valence-corrected chi connectivity index (χ4v) is 3.52. The topological polar surface area (TPSA) is 59.8 Å². The van der Waals surface area contributed by atoms with E-state index in [1.54, 1.807) is 22.5 Å². The Morgan fingerprint density at radius 1 is 1.24 bits per heavy atom. The monoisotopic (exact) mass is 374 g/mol. The molecule has 7 heteroatoms. The van der Waals surface area contributed by atoms with Crippen molar-refractivity contribution < 1.29 is 0 Å². The quantitative estimate of drug-likeness (QED) is 0.675. The third kappa shape index (κ3) is 3.37.